The van der Waals surface area contributed by atoms with Crippen LogP contribution in [0.4, 0.5) is 0 Å². The molecule has 2 aliphatic carbocycles. The first kappa shape index (κ1) is 8.03. The van der Waals surface area contributed by atoms with E-state index in [2.05, 4.69) is 20.4 Å². The summed E-state index contributed by atoms with van der Waals surface area (Å²) in [5.74, 6) is 1.53. The molecule has 0 amide bonds. The maximum absolute atomic E-state index is 11.3. The van der Waals surface area contributed by atoms with Gasteiger partial charge in [0.25, 0.3) is 0 Å². The first-order valence-corrected chi connectivity index (χ1v) is 4.73. The molecule has 0 aliphatic heterocycles. The van der Waals surface area contributed by atoms with E-state index < -0.39 is 0 Å². The van der Waals surface area contributed by atoms with Gasteiger partial charge in [0, 0.05) is 12.8 Å². The predicted octanol–water partition coefficient (Wildman–Crippen LogP) is 2.57. The first-order valence-electron chi connectivity index (χ1n) is 4.73. The number of carbonyl (C=O) groups is 1. The van der Waals surface area contributed by atoms with Crippen molar-refractivity contribution in [3.63, 3.8) is 0 Å². The number of Topliss-reactive ketones (excluding diaryl/α,β-unsaturated/α-hetero) is 1. The van der Waals surface area contributed by atoms with Crippen molar-refractivity contribution in [3.05, 3.63) is 12.2 Å². The molecule has 1 heteroatoms. The van der Waals surface area contributed by atoms with E-state index in [0.29, 0.717) is 17.6 Å². The number of ketones is 1. The summed E-state index contributed by atoms with van der Waals surface area (Å²) < 4.78 is 0. The van der Waals surface area contributed by atoms with Crippen LogP contribution in [0.3, 0.4) is 0 Å². The van der Waals surface area contributed by atoms with E-state index in [-0.39, 0.29) is 5.41 Å². The Kier molecular flexibility index (Phi) is 1.48. The predicted molar refractivity (Wildman–Crippen MR) is 48.8 cm³/mol. The monoisotopic (exact) mass is 164 g/mol. The molecule has 2 saturated carbocycles. The van der Waals surface area contributed by atoms with Crippen molar-refractivity contribution >= 4 is 5.78 Å². The van der Waals surface area contributed by atoms with Crippen LogP contribution in [0.5, 0.6) is 0 Å². The zero-order chi connectivity index (χ0) is 8.93. The average molecular weight is 164 g/mol. The molecule has 0 aromatic rings. The van der Waals surface area contributed by atoms with Gasteiger partial charge in [-0.05, 0) is 23.7 Å². The molecule has 66 valence electrons. The second-order valence-electron chi connectivity index (χ2n) is 4.82. The number of rotatable bonds is 0. The van der Waals surface area contributed by atoms with Crippen molar-refractivity contribution in [2.75, 3.05) is 0 Å². The molecule has 0 unspecified atom stereocenters. The van der Waals surface area contributed by atoms with Gasteiger partial charge in [-0.1, -0.05) is 26.0 Å². The first-order chi connectivity index (χ1) is 5.51. The smallest absolute Gasteiger partial charge is 0.133 e. The van der Waals surface area contributed by atoms with Crippen molar-refractivity contribution in [1.29, 1.82) is 0 Å². The molecule has 2 bridgehead atoms. The van der Waals surface area contributed by atoms with Crippen molar-refractivity contribution in [2.45, 2.75) is 33.1 Å². The van der Waals surface area contributed by atoms with Crippen LogP contribution in [-0.2, 0) is 4.79 Å². The van der Waals surface area contributed by atoms with E-state index >= 15 is 0 Å². The van der Waals surface area contributed by atoms with Crippen LogP contribution in [0, 0.1) is 17.3 Å². The summed E-state index contributed by atoms with van der Waals surface area (Å²) in [6.45, 7) is 8.60. The Bertz CT molecular complexity index is 250. The Morgan fingerprint density at radius 2 is 2.08 bits per heavy atom. The summed E-state index contributed by atoms with van der Waals surface area (Å²) in [5, 5.41) is 0. The van der Waals surface area contributed by atoms with E-state index in [1.54, 1.807) is 0 Å². The quantitative estimate of drug-likeness (QED) is 0.503. The third-order valence-electron chi connectivity index (χ3n) is 3.86. The van der Waals surface area contributed by atoms with Crippen molar-refractivity contribution in [1.82, 2.24) is 0 Å². The second-order valence-corrected chi connectivity index (χ2v) is 4.82. The molecule has 2 fully saturated rings. The molecule has 0 radical (unpaired) electrons. The van der Waals surface area contributed by atoms with E-state index in [0.717, 1.165) is 12.8 Å². The third kappa shape index (κ3) is 0.886. The lowest BCUT2D eigenvalue weighted by Crippen LogP contribution is -2.21. The lowest BCUT2D eigenvalue weighted by molar-refractivity contribution is -0.122. The lowest BCUT2D eigenvalue weighted by Gasteiger charge is -2.26. The van der Waals surface area contributed by atoms with Gasteiger partial charge in [0.15, 0.2) is 0 Å². The number of hydrogen-bond donors (Lipinski definition) is 0. The molecule has 2 atom stereocenters. The fourth-order valence-corrected chi connectivity index (χ4v) is 2.75. The highest BCUT2D eigenvalue weighted by Gasteiger charge is 2.47. The fourth-order valence-electron chi connectivity index (χ4n) is 2.75. The normalized spacial score (nSPS) is 38.8. The van der Waals surface area contributed by atoms with Gasteiger partial charge in [0.1, 0.15) is 5.78 Å². The number of carbonyl (C=O) groups excluding carboxylic acids is 1. The molecule has 1 nitrogen and oxygen atoms in total. The molecule has 0 heterocycles. The van der Waals surface area contributed by atoms with E-state index in [1.807, 2.05) is 0 Å². The summed E-state index contributed by atoms with van der Waals surface area (Å²) in [5.41, 5.74) is 1.54. The summed E-state index contributed by atoms with van der Waals surface area (Å²) in [7, 11) is 0. The maximum atomic E-state index is 11.3. The Hall–Kier alpha value is -0.590. The van der Waals surface area contributed by atoms with Gasteiger partial charge in [0.05, 0.1) is 0 Å². The van der Waals surface area contributed by atoms with Gasteiger partial charge in [-0.2, -0.15) is 0 Å². The van der Waals surface area contributed by atoms with Gasteiger partial charge in [-0.15, -0.1) is 0 Å². The van der Waals surface area contributed by atoms with E-state index in [4.69, 9.17) is 0 Å². The molecule has 2 rings (SSSR count). The largest absolute Gasteiger partial charge is 0.300 e. The number of hydrogen-bond acceptors (Lipinski definition) is 1. The van der Waals surface area contributed by atoms with Gasteiger partial charge in [-0.3, -0.25) is 4.79 Å². The zero-order valence-electron chi connectivity index (χ0n) is 7.89. The Morgan fingerprint density at radius 1 is 1.42 bits per heavy atom. The fraction of sp³-hybridized carbons (Fsp3) is 0.727. The number of fused-ring (bicyclic) bond motifs is 2. The SMILES string of the molecule is C=C1[C@H]2CC(=O)C[C@H](C2)C1(C)C. The van der Waals surface area contributed by atoms with Crippen LogP contribution in [0.25, 0.3) is 0 Å². The Morgan fingerprint density at radius 3 is 2.67 bits per heavy atom. The third-order valence-corrected chi connectivity index (χ3v) is 3.86. The molecule has 12 heavy (non-hydrogen) atoms. The number of allylic oxidation sites excluding steroid dienone is 1. The highest BCUT2D eigenvalue weighted by molar-refractivity contribution is 5.81. The maximum Gasteiger partial charge on any atom is 0.133 e. The minimum absolute atomic E-state index is 0.219. The Labute approximate surface area is 73.8 Å². The molecule has 2 aliphatic rings. The van der Waals surface area contributed by atoms with Gasteiger partial charge in [0.2, 0.25) is 0 Å². The average Bonchev–Trinajstić information content (AvgIpc) is 2.14. The highest BCUT2D eigenvalue weighted by atomic mass is 16.1. The van der Waals surface area contributed by atoms with Gasteiger partial charge >= 0.3 is 0 Å². The lowest BCUT2D eigenvalue weighted by atomic mass is 9.78. The molecular weight excluding hydrogens is 148 g/mol. The van der Waals surface area contributed by atoms with E-state index in [1.165, 1.54) is 12.0 Å². The molecule has 0 N–H and O–H groups in total. The van der Waals surface area contributed by atoms with Crippen LogP contribution in [0.2, 0.25) is 0 Å². The van der Waals surface area contributed by atoms with E-state index in [9.17, 15) is 4.79 Å². The summed E-state index contributed by atoms with van der Waals surface area (Å²) in [4.78, 5) is 11.3. The zero-order valence-corrected chi connectivity index (χ0v) is 7.89. The molecule has 0 aromatic heterocycles. The topological polar surface area (TPSA) is 17.1 Å². The van der Waals surface area contributed by atoms with Crippen LogP contribution < -0.4 is 0 Å². The summed E-state index contributed by atoms with van der Waals surface area (Å²) in [6.07, 6.45) is 2.76. The van der Waals surface area contributed by atoms with Crippen LogP contribution in [-0.4, -0.2) is 5.78 Å². The standard InChI is InChI=1S/C11H16O/c1-7-8-4-9(11(7,2)3)6-10(12)5-8/h8-9H,1,4-6H2,2-3H3/t8-,9+/m1/s1. The summed E-state index contributed by atoms with van der Waals surface area (Å²) >= 11 is 0. The highest BCUT2D eigenvalue weighted by Crippen LogP contribution is 2.55. The van der Waals surface area contributed by atoms with Gasteiger partial charge in [-0.25, -0.2) is 0 Å². The minimum Gasteiger partial charge on any atom is -0.300 e. The van der Waals surface area contributed by atoms with Crippen molar-refractivity contribution < 1.29 is 4.79 Å². The van der Waals surface area contributed by atoms with Crippen LogP contribution >= 0.6 is 0 Å². The Balaban J connectivity index is 2.34. The van der Waals surface area contributed by atoms with Crippen LogP contribution in [0.1, 0.15) is 33.1 Å². The molecule has 0 spiro atoms. The minimum atomic E-state index is 0.219. The van der Waals surface area contributed by atoms with Crippen molar-refractivity contribution in [3.8, 4) is 0 Å². The summed E-state index contributed by atoms with van der Waals surface area (Å²) in [6, 6.07) is 0. The molecule has 0 saturated heterocycles. The second kappa shape index (κ2) is 2.21. The molecular formula is C11H16O. The van der Waals surface area contributed by atoms with Crippen LogP contribution in [0.15, 0.2) is 12.2 Å². The molecule has 0 aromatic carbocycles. The van der Waals surface area contributed by atoms with Gasteiger partial charge < -0.3 is 0 Å². The van der Waals surface area contributed by atoms with Crippen molar-refractivity contribution in [2.24, 2.45) is 17.3 Å².